The first-order chi connectivity index (χ1) is 9.81. The molecule has 0 bridgehead atoms. The van der Waals surface area contributed by atoms with E-state index in [1.54, 1.807) is 13.0 Å². The minimum atomic E-state index is -3.55. The molecule has 118 valence electrons. The summed E-state index contributed by atoms with van der Waals surface area (Å²) in [6.45, 7) is 6.24. The van der Waals surface area contributed by atoms with Crippen LogP contribution in [0.2, 0.25) is 0 Å². The molecule has 0 spiro atoms. The van der Waals surface area contributed by atoms with Gasteiger partial charge in [-0.05, 0) is 69.9 Å². The lowest BCUT2D eigenvalue weighted by atomic mass is 9.98. The number of hydrogen-bond donors (Lipinski definition) is 2. The van der Waals surface area contributed by atoms with Gasteiger partial charge in [0.15, 0.2) is 0 Å². The van der Waals surface area contributed by atoms with Crippen LogP contribution >= 0.6 is 0 Å². The number of nitrogens with one attached hydrogen (secondary N) is 1. The van der Waals surface area contributed by atoms with Gasteiger partial charge < -0.3 is 10.6 Å². The van der Waals surface area contributed by atoms with Crippen LogP contribution in [0.5, 0.6) is 0 Å². The van der Waals surface area contributed by atoms with Crippen molar-refractivity contribution in [3.05, 3.63) is 23.3 Å². The fourth-order valence-corrected chi connectivity index (χ4v) is 4.28. The number of nitrogen functional groups attached to an aromatic ring is 1. The van der Waals surface area contributed by atoms with Gasteiger partial charge in [-0.15, -0.1) is 0 Å². The van der Waals surface area contributed by atoms with E-state index >= 15 is 0 Å². The minimum Gasteiger partial charge on any atom is -0.398 e. The van der Waals surface area contributed by atoms with E-state index in [2.05, 4.69) is 16.7 Å². The highest BCUT2D eigenvalue weighted by atomic mass is 32.2. The van der Waals surface area contributed by atoms with Crippen molar-refractivity contribution >= 4 is 15.7 Å². The minimum absolute atomic E-state index is 0.232. The lowest BCUT2D eigenvalue weighted by Gasteiger charge is -2.29. The Kier molecular flexibility index (Phi) is 4.91. The van der Waals surface area contributed by atoms with Gasteiger partial charge in [-0.1, -0.05) is 6.07 Å². The predicted molar refractivity (Wildman–Crippen MR) is 85.7 cm³/mol. The maximum absolute atomic E-state index is 12.5. The molecule has 6 heteroatoms. The van der Waals surface area contributed by atoms with Crippen LogP contribution in [0.4, 0.5) is 5.69 Å². The Labute approximate surface area is 127 Å². The Morgan fingerprint density at radius 2 is 1.90 bits per heavy atom. The Morgan fingerprint density at radius 1 is 1.29 bits per heavy atom. The molecule has 1 aliphatic heterocycles. The van der Waals surface area contributed by atoms with Gasteiger partial charge in [-0.2, -0.15) is 0 Å². The number of sulfonamides is 1. The Morgan fingerprint density at radius 3 is 2.52 bits per heavy atom. The monoisotopic (exact) mass is 311 g/mol. The quantitative estimate of drug-likeness (QED) is 0.827. The van der Waals surface area contributed by atoms with E-state index in [1.165, 1.54) is 0 Å². The topological polar surface area (TPSA) is 75.4 Å². The van der Waals surface area contributed by atoms with E-state index in [0.717, 1.165) is 37.1 Å². The number of anilines is 1. The van der Waals surface area contributed by atoms with Crippen LogP contribution in [0.1, 0.15) is 24.0 Å². The zero-order valence-corrected chi connectivity index (χ0v) is 13.8. The zero-order chi connectivity index (χ0) is 15.6. The summed E-state index contributed by atoms with van der Waals surface area (Å²) in [6, 6.07) is 3.51. The Bertz CT molecular complexity index is 606. The largest absolute Gasteiger partial charge is 0.398 e. The standard InChI is InChI=1S/C15H25N3O2S/c1-11-4-5-14(16)15(12(11)2)21(19,20)17-10-13-6-8-18(3)9-7-13/h4-5,13,17H,6-10,16H2,1-3H3. The van der Waals surface area contributed by atoms with Crippen molar-refractivity contribution < 1.29 is 8.42 Å². The molecule has 0 atom stereocenters. The Balaban J connectivity index is 2.11. The zero-order valence-electron chi connectivity index (χ0n) is 13.0. The van der Waals surface area contributed by atoms with Crippen LogP contribution in [0.15, 0.2) is 17.0 Å². The number of aryl methyl sites for hydroxylation is 1. The average molecular weight is 311 g/mol. The summed E-state index contributed by atoms with van der Waals surface area (Å²) in [5.41, 5.74) is 7.85. The third kappa shape index (κ3) is 3.75. The van der Waals surface area contributed by atoms with Gasteiger partial charge in [-0.25, -0.2) is 13.1 Å². The second-order valence-electron chi connectivity index (χ2n) is 6.02. The highest BCUT2D eigenvalue weighted by Crippen LogP contribution is 2.25. The van der Waals surface area contributed by atoms with Gasteiger partial charge in [0.05, 0.1) is 5.69 Å². The predicted octanol–water partition coefficient (Wildman–Crippen LogP) is 1.51. The smallest absolute Gasteiger partial charge is 0.242 e. The maximum Gasteiger partial charge on any atom is 0.242 e. The van der Waals surface area contributed by atoms with E-state index in [9.17, 15) is 8.42 Å². The molecule has 1 fully saturated rings. The number of benzene rings is 1. The summed E-state index contributed by atoms with van der Waals surface area (Å²) >= 11 is 0. The molecule has 3 N–H and O–H groups in total. The summed E-state index contributed by atoms with van der Waals surface area (Å²) in [6.07, 6.45) is 2.06. The number of nitrogens with two attached hydrogens (primary N) is 1. The molecule has 21 heavy (non-hydrogen) atoms. The van der Waals surface area contributed by atoms with Crippen molar-refractivity contribution in [2.24, 2.45) is 5.92 Å². The molecule has 1 aromatic rings. The van der Waals surface area contributed by atoms with Crippen LogP contribution in [-0.2, 0) is 10.0 Å². The van der Waals surface area contributed by atoms with Crippen LogP contribution in [0.25, 0.3) is 0 Å². The summed E-state index contributed by atoms with van der Waals surface area (Å²) in [4.78, 5) is 2.50. The number of likely N-dealkylation sites (tertiary alicyclic amines) is 1. The second kappa shape index (κ2) is 6.34. The summed E-state index contributed by atoms with van der Waals surface area (Å²) < 4.78 is 27.8. The number of rotatable bonds is 4. The summed E-state index contributed by atoms with van der Waals surface area (Å²) in [5, 5.41) is 0. The first kappa shape index (κ1) is 16.3. The van der Waals surface area contributed by atoms with E-state index < -0.39 is 10.0 Å². The molecule has 1 heterocycles. The average Bonchev–Trinajstić information content (AvgIpc) is 2.43. The third-order valence-corrected chi connectivity index (χ3v) is 6.00. The number of piperidine rings is 1. The molecule has 0 radical (unpaired) electrons. The molecular weight excluding hydrogens is 286 g/mol. The molecule has 1 aliphatic rings. The normalized spacial score (nSPS) is 18.0. The van der Waals surface area contributed by atoms with Gasteiger partial charge >= 0.3 is 0 Å². The molecule has 5 nitrogen and oxygen atoms in total. The van der Waals surface area contributed by atoms with Crippen molar-refractivity contribution in [1.29, 1.82) is 0 Å². The highest BCUT2D eigenvalue weighted by Gasteiger charge is 2.23. The van der Waals surface area contributed by atoms with E-state index in [-0.39, 0.29) is 4.90 Å². The molecule has 0 unspecified atom stereocenters. The second-order valence-corrected chi connectivity index (χ2v) is 7.73. The summed E-state index contributed by atoms with van der Waals surface area (Å²) in [5.74, 6) is 0.405. The lowest BCUT2D eigenvalue weighted by molar-refractivity contribution is 0.220. The van der Waals surface area contributed by atoms with Crippen molar-refractivity contribution in [2.75, 3.05) is 32.4 Å². The van der Waals surface area contributed by atoms with Crippen LogP contribution in [0, 0.1) is 19.8 Å². The molecule has 0 saturated carbocycles. The van der Waals surface area contributed by atoms with Gasteiger partial charge in [0, 0.05) is 6.54 Å². The molecular formula is C15H25N3O2S. The maximum atomic E-state index is 12.5. The SMILES string of the molecule is Cc1ccc(N)c(S(=O)(=O)NCC2CCN(C)CC2)c1C. The molecule has 1 saturated heterocycles. The van der Waals surface area contributed by atoms with Crippen molar-refractivity contribution in [3.63, 3.8) is 0 Å². The van der Waals surface area contributed by atoms with E-state index in [4.69, 9.17) is 5.73 Å². The molecule has 0 aliphatic carbocycles. The highest BCUT2D eigenvalue weighted by molar-refractivity contribution is 7.89. The Hall–Kier alpha value is -1.11. The van der Waals surface area contributed by atoms with Gasteiger partial charge in [0.1, 0.15) is 4.90 Å². The van der Waals surface area contributed by atoms with E-state index in [0.29, 0.717) is 18.2 Å². The van der Waals surface area contributed by atoms with Gasteiger partial charge in [0.25, 0.3) is 0 Å². The first-order valence-electron chi connectivity index (χ1n) is 7.35. The number of hydrogen-bond acceptors (Lipinski definition) is 4. The fraction of sp³-hybridized carbons (Fsp3) is 0.600. The van der Waals surface area contributed by atoms with Crippen molar-refractivity contribution in [1.82, 2.24) is 9.62 Å². The molecule has 0 aromatic heterocycles. The third-order valence-electron chi connectivity index (χ3n) is 4.38. The van der Waals surface area contributed by atoms with Crippen LogP contribution in [-0.4, -0.2) is 40.0 Å². The van der Waals surface area contributed by atoms with Crippen LogP contribution in [0.3, 0.4) is 0 Å². The van der Waals surface area contributed by atoms with Gasteiger partial charge in [-0.3, -0.25) is 0 Å². The van der Waals surface area contributed by atoms with Crippen molar-refractivity contribution in [2.45, 2.75) is 31.6 Å². The van der Waals surface area contributed by atoms with E-state index in [1.807, 2.05) is 13.0 Å². The number of nitrogens with zero attached hydrogens (tertiary/aromatic N) is 1. The molecule has 2 rings (SSSR count). The van der Waals surface area contributed by atoms with Gasteiger partial charge in [0.2, 0.25) is 10.0 Å². The molecule has 0 amide bonds. The fourth-order valence-electron chi connectivity index (χ4n) is 2.73. The van der Waals surface area contributed by atoms with Crippen molar-refractivity contribution in [3.8, 4) is 0 Å². The summed E-state index contributed by atoms with van der Waals surface area (Å²) in [7, 11) is -1.45. The molecule has 1 aromatic carbocycles. The first-order valence-corrected chi connectivity index (χ1v) is 8.83. The lowest BCUT2D eigenvalue weighted by Crippen LogP contribution is -2.37. The van der Waals surface area contributed by atoms with Crippen LogP contribution < -0.4 is 10.5 Å².